The lowest BCUT2D eigenvalue weighted by molar-refractivity contribution is 0.0701. The number of carbonyl (C=O) groups excluding carboxylic acids is 1. The minimum Gasteiger partial charge on any atom is -0.328 e. The monoisotopic (exact) mass is 390 g/mol. The Bertz CT molecular complexity index is 1080. The summed E-state index contributed by atoms with van der Waals surface area (Å²) in [5.41, 5.74) is 1.78. The van der Waals surface area contributed by atoms with Crippen molar-refractivity contribution >= 4 is 5.91 Å². The molecule has 2 fully saturated rings. The topological polar surface area (TPSA) is 96.8 Å². The van der Waals surface area contributed by atoms with Gasteiger partial charge >= 0.3 is 5.69 Å². The van der Waals surface area contributed by atoms with Crippen LogP contribution in [-0.4, -0.2) is 42.1 Å². The predicted octanol–water partition coefficient (Wildman–Crippen LogP) is 2.18. The number of aromatic nitrogens is 5. The van der Waals surface area contributed by atoms with E-state index in [0.717, 1.165) is 17.8 Å². The number of likely N-dealkylation sites (tertiary alicyclic amines) is 1. The molecule has 3 aromatic rings. The van der Waals surface area contributed by atoms with Crippen molar-refractivity contribution in [2.45, 2.75) is 25.3 Å². The molecule has 1 aliphatic carbocycles. The molecule has 4 heterocycles. The van der Waals surface area contributed by atoms with Crippen molar-refractivity contribution in [1.82, 2.24) is 29.6 Å². The Hall–Kier alpha value is -3.29. The predicted molar refractivity (Wildman–Crippen MR) is 106 cm³/mol. The van der Waals surface area contributed by atoms with Gasteiger partial charge in [-0.3, -0.25) is 19.3 Å². The Morgan fingerprint density at radius 2 is 1.93 bits per heavy atom. The first-order chi connectivity index (χ1) is 14.1. The standard InChI is InChI=1S/C21H22N6O2/c1-26-19(24-25-21(26)29)18-15(13-5-6-13)9-11-27(18)20(28)14-7-8-17(23-12-14)16-4-2-3-10-22-16/h2-4,7-8,10,12-13,15,18H,5-6,9,11H2,1H3,(H,25,29). The SMILES string of the molecule is Cn1c(C2C(C3CC3)CCN2C(=O)c2ccc(-c3ccccn3)nc2)n[nH]c1=O. The van der Waals surface area contributed by atoms with Crippen molar-refractivity contribution in [2.24, 2.45) is 18.9 Å². The van der Waals surface area contributed by atoms with Crippen LogP contribution in [0.4, 0.5) is 0 Å². The summed E-state index contributed by atoms with van der Waals surface area (Å²) < 4.78 is 1.52. The van der Waals surface area contributed by atoms with Crippen LogP contribution in [0.25, 0.3) is 11.4 Å². The lowest BCUT2D eigenvalue weighted by Crippen LogP contribution is -2.34. The summed E-state index contributed by atoms with van der Waals surface area (Å²) in [6, 6.07) is 9.08. The number of rotatable bonds is 4. The Labute approximate surface area is 167 Å². The molecule has 8 nitrogen and oxygen atoms in total. The molecule has 3 aromatic heterocycles. The van der Waals surface area contributed by atoms with E-state index in [1.165, 1.54) is 17.4 Å². The van der Waals surface area contributed by atoms with Gasteiger partial charge in [0.05, 0.1) is 23.0 Å². The molecule has 1 saturated carbocycles. The number of aromatic amines is 1. The van der Waals surface area contributed by atoms with E-state index < -0.39 is 0 Å². The third-order valence-corrected chi connectivity index (χ3v) is 6.05. The van der Waals surface area contributed by atoms with Crippen molar-refractivity contribution in [3.63, 3.8) is 0 Å². The zero-order valence-corrected chi connectivity index (χ0v) is 16.2. The van der Waals surface area contributed by atoms with Gasteiger partial charge in [-0.25, -0.2) is 9.89 Å². The second-order valence-corrected chi connectivity index (χ2v) is 7.83. The van der Waals surface area contributed by atoms with E-state index in [0.29, 0.717) is 29.8 Å². The largest absolute Gasteiger partial charge is 0.343 e. The summed E-state index contributed by atoms with van der Waals surface area (Å²) in [5.74, 6) is 1.51. The molecule has 29 heavy (non-hydrogen) atoms. The van der Waals surface area contributed by atoms with Crippen molar-refractivity contribution in [3.8, 4) is 11.4 Å². The third kappa shape index (κ3) is 3.14. The van der Waals surface area contributed by atoms with Crippen LogP contribution < -0.4 is 5.69 Å². The number of H-pyrrole nitrogens is 1. The van der Waals surface area contributed by atoms with E-state index in [-0.39, 0.29) is 17.6 Å². The maximum atomic E-state index is 13.3. The van der Waals surface area contributed by atoms with Crippen molar-refractivity contribution in [1.29, 1.82) is 0 Å². The van der Waals surface area contributed by atoms with Crippen LogP contribution in [0.1, 0.15) is 41.5 Å². The summed E-state index contributed by atoms with van der Waals surface area (Å²) in [6.45, 7) is 0.660. The van der Waals surface area contributed by atoms with Crippen LogP contribution in [0, 0.1) is 11.8 Å². The number of carbonyl (C=O) groups is 1. The molecule has 5 rings (SSSR count). The zero-order valence-electron chi connectivity index (χ0n) is 16.2. The summed E-state index contributed by atoms with van der Waals surface area (Å²) in [4.78, 5) is 35.9. The molecular weight excluding hydrogens is 368 g/mol. The van der Waals surface area contributed by atoms with Gasteiger partial charge in [-0.1, -0.05) is 6.07 Å². The number of nitrogens with one attached hydrogen (secondary N) is 1. The van der Waals surface area contributed by atoms with Gasteiger partial charge in [0.1, 0.15) is 0 Å². The second kappa shape index (κ2) is 6.95. The molecule has 0 bridgehead atoms. The van der Waals surface area contributed by atoms with Crippen LogP contribution in [0.15, 0.2) is 47.5 Å². The first-order valence-corrected chi connectivity index (χ1v) is 9.93. The molecule has 8 heteroatoms. The molecule has 1 amide bonds. The molecule has 1 aliphatic heterocycles. The quantitative estimate of drug-likeness (QED) is 0.736. The van der Waals surface area contributed by atoms with Gasteiger partial charge in [-0.2, -0.15) is 5.10 Å². The van der Waals surface area contributed by atoms with Gasteiger partial charge in [0.25, 0.3) is 5.91 Å². The molecule has 1 saturated heterocycles. The minimum absolute atomic E-state index is 0.0753. The molecule has 2 aliphatic rings. The second-order valence-electron chi connectivity index (χ2n) is 7.83. The number of amides is 1. The Morgan fingerprint density at radius 3 is 2.55 bits per heavy atom. The fourth-order valence-corrected chi connectivity index (χ4v) is 4.37. The molecule has 2 unspecified atom stereocenters. The average molecular weight is 390 g/mol. The maximum absolute atomic E-state index is 13.3. The molecule has 148 valence electrons. The fraction of sp³-hybridized carbons (Fsp3) is 0.381. The van der Waals surface area contributed by atoms with Crippen LogP contribution >= 0.6 is 0 Å². The highest BCUT2D eigenvalue weighted by Crippen LogP contribution is 2.50. The van der Waals surface area contributed by atoms with Crippen molar-refractivity contribution in [3.05, 3.63) is 64.6 Å². The Balaban J connectivity index is 1.45. The molecule has 2 atom stereocenters. The first-order valence-electron chi connectivity index (χ1n) is 9.93. The van der Waals surface area contributed by atoms with Gasteiger partial charge < -0.3 is 4.90 Å². The first kappa shape index (κ1) is 17.8. The van der Waals surface area contributed by atoms with E-state index in [2.05, 4.69) is 20.2 Å². The van der Waals surface area contributed by atoms with Crippen LogP contribution in [-0.2, 0) is 7.05 Å². The van der Waals surface area contributed by atoms with Crippen LogP contribution in [0.5, 0.6) is 0 Å². The Kier molecular flexibility index (Phi) is 4.26. The summed E-state index contributed by atoms with van der Waals surface area (Å²) in [6.07, 6.45) is 6.62. The number of pyridine rings is 2. The average Bonchev–Trinajstić information content (AvgIpc) is 3.44. The van der Waals surface area contributed by atoms with Crippen molar-refractivity contribution in [2.75, 3.05) is 6.54 Å². The molecule has 0 spiro atoms. The molecule has 0 aromatic carbocycles. The van der Waals surface area contributed by atoms with Gasteiger partial charge in [0.2, 0.25) is 0 Å². The van der Waals surface area contributed by atoms with Gasteiger partial charge in [0, 0.05) is 26.0 Å². The number of hydrogen-bond donors (Lipinski definition) is 1. The van der Waals surface area contributed by atoms with E-state index >= 15 is 0 Å². The smallest absolute Gasteiger partial charge is 0.328 e. The third-order valence-electron chi connectivity index (χ3n) is 6.05. The van der Waals surface area contributed by atoms with E-state index in [4.69, 9.17) is 0 Å². The lowest BCUT2D eigenvalue weighted by atomic mass is 9.94. The highest BCUT2D eigenvalue weighted by atomic mass is 16.2. The highest BCUT2D eigenvalue weighted by Gasteiger charge is 2.47. The van der Waals surface area contributed by atoms with Gasteiger partial charge in [-0.15, -0.1) is 0 Å². The van der Waals surface area contributed by atoms with Crippen molar-refractivity contribution < 1.29 is 4.79 Å². The fourth-order valence-electron chi connectivity index (χ4n) is 4.37. The van der Waals surface area contributed by atoms with Crippen LogP contribution in [0.3, 0.4) is 0 Å². The highest BCUT2D eigenvalue weighted by molar-refractivity contribution is 5.94. The van der Waals surface area contributed by atoms with Gasteiger partial charge in [-0.05, 0) is 55.4 Å². The zero-order chi connectivity index (χ0) is 20.0. The number of hydrogen-bond acceptors (Lipinski definition) is 5. The lowest BCUT2D eigenvalue weighted by Gasteiger charge is -2.27. The van der Waals surface area contributed by atoms with E-state index in [1.54, 1.807) is 25.5 Å². The van der Waals surface area contributed by atoms with E-state index in [9.17, 15) is 9.59 Å². The maximum Gasteiger partial charge on any atom is 0.343 e. The normalized spacial score (nSPS) is 21.5. The summed E-state index contributed by atoms with van der Waals surface area (Å²) in [5, 5.41) is 6.76. The van der Waals surface area contributed by atoms with Crippen LogP contribution in [0.2, 0.25) is 0 Å². The summed E-state index contributed by atoms with van der Waals surface area (Å²) in [7, 11) is 1.70. The number of nitrogens with zero attached hydrogens (tertiary/aromatic N) is 5. The molecule has 1 N–H and O–H groups in total. The summed E-state index contributed by atoms with van der Waals surface area (Å²) >= 11 is 0. The van der Waals surface area contributed by atoms with Gasteiger partial charge in [0.15, 0.2) is 5.82 Å². The Morgan fingerprint density at radius 1 is 1.10 bits per heavy atom. The molecule has 0 radical (unpaired) electrons. The van der Waals surface area contributed by atoms with E-state index in [1.807, 2.05) is 29.2 Å². The molecular formula is C21H22N6O2. The minimum atomic E-state index is -0.254.